The first-order valence-electron chi connectivity index (χ1n) is 3.14. The maximum atomic E-state index is 10.7. The molecule has 2 amide bonds. The molecule has 0 rings (SSSR count). The second-order valence-corrected chi connectivity index (χ2v) is 2.27. The standard InChI is InChI=1S/C7H11NO3/c1-4(2)6(10)8-7(11)5(3)9/h5,9H,1H2,2-3H3,(H,8,10,11). The Balaban J connectivity index is 3.96. The minimum atomic E-state index is -1.17. The number of aliphatic hydroxyl groups excluding tert-OH is 1. The van der Waals surface area contributed by atoms with Gasteiger partial charge in [-0.05, 0) is 13.8 Å². The average molecular weight is 157 g/mol. The van der Waals surface area contributed by atoms with Crippen LogP contribution < -0.4 is 5.32 Å². The molecule has 0 fully saturated rings. The number of carbonyl (C=O) groups is 2. The molecule has 0 aromatic carbocycles. The highest BCUT2D eigenvalue weighted by Crippen LogP contribution is 1.87. The number of aliphatic hydroxyl groups is 1. The summed E-state index contributed by atoms with van der Waals surface area (Å²) in [6.45, 7) is 6.08. The van der Waals surface area contributed by atoms with Crippen LogP contribution in [-0.2, 0) is 9.59 Å². The molecule has 0 heterocycles. The molecule has 0 aromatic rings. The molecule has 1 unspecified atom stereocenters. The SMILES string of the molecule is C=C(C)C(=O)NC(=O)C(C)O. The largest absolute Gasteiger partial charge is 0.384 e. The summed E-state index contributed by atoms with van der Waals surface area (Å²) in [6, 6.07) is 0. The van der Waals surface area contributed by atoms with E-state index < -0.39 is 17.9 Å². The Labute approximate surface area is 64.9 Å². The molecule has 0 radical (unpaired) electrons. The maximum absolute atomic E-state index is 10.7. The lowest BCUT2D eigenvalue weighted by Gasteiger charge is -2.04. The van der Waals surface area contributed by atoms with E-state index in [1.165, 1.54) is 13.8 Å². The summed E-state index contributed by atoms with van der Waals surface area (Å²) >= 11 is 0. The van der Waals surface area contributed by atoms with Crippen LogP contribution in [0.5, 0.6) is 0 Å². The number of hydrogen-bond acceptors (Lipinski definition) is 3. The molecule has 2 N–H and O–H groups in total. The Bertz CT molecular complexity index is 196. The van der Waals surface area contributed by atoms with E-state index in [9.17, 15) is 9.59 Å². The summed E-state index contributed by atoms with van der Waals surface area (Å²) in [5.41, 5.74) is 0.235. The minimum absolute atomic E-state index is 0.235. The number of rotatable bonds is 2. The molecule has 0 aliphatic heterocycles. The molecule has 0 spiro atoms. The number of hydrogen-bond donors (Lipinski definition) is 2. The van der Waals surface area contributed by atoms with Crippen molar-refractivity contribution in [2.45, 2.75) is 20.0 Å². The van der Waals surface area contributed by atoms with Crippen molar-refractivity contribution in [1.82, 2.24) is 5.32 Å². The summed E-state index contributed by atoms with van der Waals surface area (Å²) in [5.74, 6) is -1.27. The van der Waals surface area contributed by atoms with Gasteiger partial charge in [-0.2, -0.15) is 0 Å². The van der Waals surface area contributed by atoms with Crippen LogP contribution >= 0.6 is 0 Å². The van der Waals surface area contributed by atoms with Crippen molar-refractivity contribution < 1.29 is 14.7 Å². The highest BCUT2D eigenvalue weighted by atomic mass is 16.3. The quantitative estimate of drug-likeness (QED) is 0.535. The molecule has 62 valence electrons. The Kier molecular flexibility index (Phi) is 3.47. The molecule has 0 saturated heterocycles. The van der Waals surface area contributed by atoms with Gasteiger partial charge < -0.3 is 5.11 Å². The van der Waals surface area contributed by atoms with Crippen LogP contribution in [0.1, 0.15) is 13.8 Å². The normalized spacial score (nSPS) is 11.9. The van der Waals surface area contributed by atoms with Crippen LogP contribution in [0.25, 0.3) is 0 Å². The third-order valence-corrected chi connectivity index (χ3v) is 1.00. The highest BCUT2D eigenvalue weighted by Gasteiger charge is 2.12. The number of carbonyl (C=O) groups excluding carboxylic acids is 2. The number of nitrogens with one attached hydrogen (secondary N) is 1. The smallest absolute Gasteiger partial charge is 0.255 e. The van der Waals surface area contributed by atoms with Crippen molar-refractivity contribution >= 4 is 11.8 Å². The van der Waals surface area contributed by atoms with Crippen molar-refractivity contribution in [3.8, 4) is 0 Å². The van der Waals surface area contributed by atoms with Crippen molar-refractivity contribution in [3.63, 3.8) is 0 Å². The molecular weight excluding hydrogens is 146 g/mol. The van der Waals surface area contributed by atoms with Crippen LogP contribution in [0.4, 0.5) is 0 Å². The van der Waals surface area contributed by atoms with Crippen molar-refractivity contribution in [2.24, 2.45) is 0 Å². The zero-order valence-electron chi connectivity index (χ0n) is 6.55. The van der Waals surface area contributed by atoms with E-state index in [2.05, 4.69) is 6.58 Å². The van der Waals surface area contributed by atoms with Crippen molar-refractivity contribution in [2.75, 3.05) is 0 Å². The van der Waals surface area contributed by atoms with Crippen LogP contribution in [0.15, 0.2) is 12.2 Å². The van der Waals surface area contributed by atoms with Crippen molar-refractivity contribution in [1.29, 1.82) is 0 Å². The second-order valence-electron chi connectivity index (χ2n) is 2.27. The van der Waals surface area contributed by atoms with Crippen LogP contribution in [0, 0.1) is 0 Å². The number of amides is 2. The molecule has 1 atom stereocenters. The Morgan fingerprint density at radius 2 is 2.00 bits per heavy atom. The summed E-state index contributed by atoms with van der Waals surface area (Å²) in [7, 11) is 0. The highest BCUT2D eigenvalue weighted by molar-refractivity contribution is 6.04. The van der Waals surface area contributed by atoms with Gasteiger partial charge in [-0.3, -0.25) is 14.9 Å². The summed E-state index contributed by atoms with van der Waals surface area (Å²) in [4.78, 5) is 21.3. The third-order valence-electron chi connectivity index (χ3n) is 1.00. The molecular formula is C7H11NO3. The molecule has 4 heteroatoms. The monoisotopic (exact) mass is 157 g/mol. The fourth-order valence-electron chi connectivity index (χ4n) is 0.323. The molecule has 0 aliphatic carbocycles. The molecule has 0 saturated carbocycles. The summed E-state index contributed by atoms with van der Waals surface area (Å²) < 4.78 is 0. The molecule has 11 heavy (non-hydrogen) atoms. The van der Waals surface area contributed by atoms with Gasteiger partial charge in [0.1, 0.15) is 6.10 Å². The van der Waals surface area contributed by atoms with Gasteiger partial charge in [-0.15, -0.1) is 0 Å². The lowest BCUT2D eigenvalue weighted by atomic mass is 10.3. The van der Waals surface area contributed by atoms with Crippen LogP contribution in [0.3, 0.4) is 0 Å². The molecule has 4 nitrogen and oxygen atoms in total. The average Bonchev–Trinajstić information content (AvgIpc) is 1.87. The van der Waals surface area contributed by atoms with Gasteiger partial charge >= 0.3 is 0 Å². The molecule has 0 aliphatic rings. The van der Waals surface area contributed by atoms with E-state index in [0.717, 1.165) is 0 Å². The lowest BCUT2D eigenvalue weighted by molar-refractivity contribution is -0.133. The zero-order chi connectivity index (χ0) is 9.02. The summed E-state index contributed by atoms with van der Waals surface area (Å²) in [6.07, 6.45) is -1.17. The number of imide groups is 1. The van der Waals surface area contributed by atoms with Gasteiger partial charge in [0.2, 0.25) is 0 Å². The van der Waals surface area contributed by atoms with Gasteiger partial charge in [0.25, 0.3) is 11.8 Å². The second kappa shape index (κ2) is 3.88. The van der Waals surface area contributed by atoms with E-state index in [-0.39, 0.29) is 5.57 Å². The Morgan fingerprint density at radius 3 is 2.27 bits per heavy atom. The zero-order valence-corrected chi connectivity index (χ0v) is 6.55. The fourth-order valence-corrected chi connectivity index (χ4v) is 0.323. The van der Waals surface area contributed by atoms with Gasteiger partial charge in [-0.1, -0.05) is 6.58 Å². The maximum Gasteiger partial charge on any atom is 0.255 e. The van der Waals surface area contributed by atoms with Gasteiger partial charge in [0, 0.05) is 5.57 Å². The first-order valence-corrected chi connectivity index (χ1v) is 3.14. The van der Waals surface area contributed by atoms with E-state index in [0.29, 0.717) is 0 Å². The first-order chi connectivity index (χ1) is 4.95. The topological polar surface area (TPSA) is 66.4 Å². The van der Waals surface area contributed by atoms with Gasteiger partial charge in [0.15, 0.2) is 0 Å². The van der Waals surface area contributed by atoms with Crippen molar-refractivity contribution in [3.05, 3.63) is 12.2 Å². The van der Waals surface area contributed by atoms with E-state index >= 15 is 0 Å². The molecule has 0 aromatic heterocycles. The van der Waals surface area contributed by atoms with Gasteiger partial charge in [-0.25, -0.2) is 0 Å². The Morgan fingerprint density at radius 1 is 1.55 bits per heavy atom. The van der Waals surface area contributed by atoms with E-state index in [1.54, 1.807) is 0 Å². The lowest BCUT2D eigenvalue weighted by Crippen LogP contribution is -2.37. The first kappa shape index (κ1) is 9.84. The van der Waals surface area contributed by atoms with Gasteiger partial charge in [0.05, 0.1) is 0 Å². The third kappa shape index (κ3) is 3.52. The van der Waals surface area contributed by atoms with E-state index in [4.69, 9.17) is 5.11 Å². The van der Waals surface area contributed by atoms with Crippen LogP contribution in [-0.4, -0.2) is 23.0 Å². The van der Waals surface area contributed by atoms with Crippen LogP contribution in [0.2, 0.25) is 0 Å². The predicted octanol–water partition coefficient (Wildman–Crippen LogP) is -0.414. The molecule has 0 bridgehead atoms. The summed E-state index contributed by atoms with van der Waals surface area (Å²) in [5, 5.41) is 10.6. The Hall–Kier alpha value is -1.16. The minimum Gasteiger partial charge on any atom is -0.384 e. The van der Waals surface area contributed by atoms with E-state index in [1.807, 2.05) is 5.32 Å². The predicted molar refractivity (Wildman–Crippen MR) is 39.6 cm³/mol. The fraction of sp³-hybridized carbons (Fsp3) is 0.429.